The second-order valence-electron chi connectivity index (χ2n) is 6.44. The van der Waals surface area contributed by atoms with E-state index in [1.54, 1.807) is 24.3 Å². The summed E-state index contributed by atoms with van der Waals surface area (Å²) in [6, 6.07) is 6.94. The van der Waals surface area contributed by atoms with Crippen LogP contribution < -0.4 is 0 Å². The Morgan fingerprint density at radius 3 is 2.43 bits per heavy atom. The van der Waals surface area contributed by atoms with Crippen LogP contribution in [0.5, 0.6) is 0 Å². The third-order valence-electron chi connectivity index (χ3n) is 5.03. The molecule has 2 amide bonds. The molecule has 3 heterocycles. The lowest BCUT2D eigenvalue weighted by Crippen LogP contribution is -2.36. The van der Waals surface area contributed by atoms with Gasteiger partial charge in [0.2, 0.25) is 0 Å². The molecule has 0 saturated carbocycles. The maximum absolute atomic E-state index is 12.4. The van der Waals surface area contributed by atoms with Gasteiger partial charge in [-0.3, -0.25) is 14.5 Å². The van der Waals surface area contributed by atoms with Crippen LogP contribution in [0.4, 0.5) is 0 Å². The van der Waals surface area contributed by atoms with Gasteiger partial charge in [-0.1, -0.05) is 23.6 Å². The molecule has 2 saturated heterocycles. The number of carbonyl (C=O) groups excluding carboxylic acids is 3. The van der Waals surface area contributed by atoms with E-state index in [1.807, 2.05) is 0 Å². The highest BCUT2D eigenvalue weighted by Crippen LogP contribution is 2.32. The molecule has 0 bridgehead atoms. The summed E-state index contributed by atoms with van der Waals surface area (Å²) in [6.45, 7) is 1.67. The number of carbonyl (C=O) groups is 3. The van der Waals surface area contributed by atoms with Crippen molar-refractivity contribution in [3.05, 3.63) is 35.4 Å². The molecule has 2 atom stereocenters. The first kappa shape index (κ1) is 14.4. The first-order valence-corrected chi connectivity index (χ1v) is 8.09. The fourth-order valence-corrected chi connectivity index (χ4v) is 3.84. The van der Waals surface area contributed by atoms with Crippen LogP contribution in [0.3, 0.4) is 0 Å². The average molecular weight is 314 g/mol. The quantitative estimate of drug-likeness (QED) is 0.776. The Bertz CT molecular complexity index is 638. The van der Waals surface area contributed by atoms with Crippen LogP contribution in [0.25, 0.3) is 0 Å². The lowest BCUT2D eigenvalue weighted by Gasteiger charge is -2.28. The van der Waals surface area contributed by atoms with Crippen LogP contribution in [0.1, 0.15) is 46.4 Å². The molecule has 6 heteroatoms. The number of imide groups is 1. The minimum Gasteiger partial charge on any atom is -0.329 e. The maximum atomic E-state index is 12.4. The van der Waals surface area contributed by atoms with Crippen LogP contribution in [0, 0.1) is 5.92 Å². The van der Waals surface area contributed by atoms with Crippen molar-refractivity contribution >= 4 is 17.8 Å². The van der Waals surface area contributed by atoms with Gasteiger partial charge in [-0.2, -0.15) is 0 Å². The second kappa shape index (κ2) is 5.45. The van der Waals surface area contributed by atoms with Crippen molar-refractivity contribution in [1.82, 2.24) is 9.96 Å². The number of nitrogens with zero attached hydrogens (tertiary/aromatic N) is 2. The number of piperidine rings is 1. The van der Waals surface area contributed by atoms with Gasteiger partial charge in [-0.05, 0) is 37.9 Å². The Morgan fingerprint density at radius 1 is 1.09 bits per heavy atom. The first-order valence-electron chi connectivity index (χ1n) is 8.09. The average Bonchev–Trinajstić information content (AvgIpc) is 3.11. The van der Waals surface area contributed by atoms with E-state index in [-0.39, 0.29) is 17.0 Å². The predicted molar refractivity (Wildman–Crippen MR) is 80.4 cm³/mol. The van der Waals surface area contributed by atoms with E-state index in [0.717, 1.165) is 25.8 Å². The molecular weight excluding hydrogens is 296 g/mol. The summed E-state index contributed by atoms with van der Waals surface area (Å²) < 4.78 is 0. The van der Waals surface area contributed by atoms with E-state index in [0.29, 0.717) is 17.6 Å². The van der Waals surface area contributed by atoms with Crippen molar-refractivity contribution in [2.75, 3.05) is 13.1 Å². The summed E-state index contributed by atoms with van der Waals surface area (Å²) in [4.78, 5) is 44.3. The zero-order valence-electron chi connectivity index (χ0n) is 12.7. The van der Waals surface area contributed by atoms with Gasteiger partial charge in [0, 0.05) is 12.6 Å². The molecule has 0 spiro atoms. The summed E-state index contributed by atoms with van der Waals surface area (Å²) in [5.41, 5.74) is 0.572. The molecule has 0 N–H and O–H groups in total. The molecular formula is C17H18N2O4. The number of hydrogen-bond donors (Lipinski definition) is 0. The molecule has 23 heavy (non-hydrogen) atoms. The minimum atomic E-state index is -0.560. The predicted octanol–water partition coefficient (Wildman–Crippen LogP) is 1.62. The first-order chi connectivity index (χ1) is 11.1. The van der Waals surface area contributed by atoms with Gasteiger partial charge in [-0.15, -0.1) is 0 Å². The number of hydrogen-bond acceptors (Lipinski definition) is 5. The lowest BCUT2D eigenvalue weighted by atomic mass is 10.00. The smallest absolute Gasteiger partial charge is 0.329 e. The number of fused-ring (bicyclic) bond motifs is 2. The largest absolute Gasteiger partial charge is 0.337 e. The molecule has 0 aromatic heterocycles. The fourth-order valence-electron chi connectivity index (χ4n) is 3.84. The molecule has 4 rings (SSSR count). The van der Waals surface area contributed by atoms with Gasteiger partial charge in [0.05, 0.1) is 17.0 Å². The van der Waals surface area contributed by atoms with Gasteiger partial charge in [0.15, 0.2) is 0 Å². The Balaban J connectivity index is 1.46. The van der Waals surface area contributed by atoms with Crippen molar-refractivity contribution < 1.29 is 19.2 Å². The van der Waals surface area contributed by atoms with Crippen LogP contribution in [0.2, 0.25) is 0 Å². The van der Waals surface area contributed by atoms with E-state index in [4.69, 9.17) is 4.84 Å². The molecule has 3 aliphatic heterocycles. The van der Waals surface area contributed by atoms with Crippen molar-refractivity contribution in [3.8, 4) is 0 Å². The van der Waals surface area contributed by atoms with Gasteiger partial charge in [0.25, 0.3) is 11.8 Å². The highest BCUT2D eigenvalue weighted by atomic mass is 16.7. The Hall–Kier alpha value is -2.21. The lowest BCUT2D eigenvalue weighted by molar-refractivity contribution is -0.173. The van der Waals surface area contributed by atoms with E-state index in [2.05, 4.69) is 4.90 Å². The van der Waals surface area contributed by atoms with Crippen molar-refractivity contribution in [1.29, 1.82) is 0 Å². The van der Waals surface area contributed by atoms with Gasteiger partial charge >= 0.3 is 5.97 Å². The molecule has 1 aromatic carbocycles. The number of amides is 2. The molecule has 2 fully saturated rings. The molecule has 0 aliphatic carbocycles. The molecule has 3 aliphatic rings. The van der Waals surface area contributed by atoms with Crippen molar-refractivity contribution in [2.24, 2.45) is 5.92 Å². The van der Waals surface area contributed by atoms with E-state index in [9.17, 15) is 14.4 Å². The number of benzene rings is 1. The topological polar surface area (TPSA) is 66.9 Å². The van der Waals surface area contributed by atoms with Crippen LogP contribution >= 0.6 is 0 Å². The van der Waals surface area contributed by atoms with Crippen molar-refractivity contribution in [3.63, 3.8) is 0 Å². The van der Waals surface area contributed by atoms with Crippen LogP contribution in [-0.2, 0) is 9.63 Å². The van der Waals surface area contributed by atoms with E-state index in [1.165, 1.54) is 6.42 Å². The Labute approximate surface area is 134 Å². The highest BCUT2D eigenvalue weighted by Gasteiger charge is 2.43. The SMILES string of the molecule is O=C(ON1C(=O)c2ccccc2C1=O)C1CC2CCCCN2C1. The zero-order chi connectivity index (χ0) is 16.0. The summed E-state index contributed by atoms with van der Waals surface area (Å²) in [7, 11) is 0. The third kappa shape index (κ3) is 2.34. The monoisotopic (exact) mass is 314 g/mol. The molecule has 120 valence electrons. The van der Waals surface area contributed by atoms with Crippen LogP contribution in [0.15, 0.2) is 24.3 Å². The van der Waals surface area contributed by atoms with Crippen LogP contribution in [-0.4, -0.2) is 46.9 Å². The molecule has 1 aromatic rings. The number of hydroxylamine groups is 2. The highest BCUT2D eigenvalue weighted by molar-refractivity contribution is 6.20. The standard InChI is InChI=1S/C17H18N2O4/c20-15-13-6-1-2-7-14(13)16(21)19(15)23-17(22)11-9-12-5-3-4-8-18(12)10-11/h1-2,6-7,11-12H,3-5,8-10H2. The fraction of sp³-hybridized carbons (Fsp3) is 0.471. The molecule has 6 nitrogen and oxygen atoms in total. The second-order valence-corrected chi connectivity index (χ2v) is 6.44. The van der Waals surface area contributed by atoms with E-state index >= 15 is 0 Å². The summed E-state index contributed by atoms with van der Waals surface area (Å²) in [6.07, 6.45) is 4.22. The Kier molecular flexibility index (Phi) is 3.41. The summed E-state index contributed by atoms with van der Waals surface area (Å²) in [5, 5.41) is 0.615. The zero-order valence-corrected chi connectivity index (χ0v) is 12.7. The Morgan fingerprint density at radius 2 is 1.78 bits per heavy atom. The molecule has 0 radical (unpaired) electrons. The minimum absolute atomic E-state index is 0.262. The van der Waals surface area contributed by atoms with Gasteiger partial charge in [0.1, 0.15) is 0 Å². The third-order valence-corrected chi connectivity index (χ3v) is 5.03. The van der Waals surface area contributed by atoms with Gasteiger partial charge < -0.3 is 4.84 Å². The normalized spacial score (nSPS) is 27.0. The van der Waals surface area contributed by atoms with Crippen molar-refractivity contribution in [2.45, 2.75) is 31.7 Å². The maximum Gasteiger partial charge on any atom is 0.337 e. The summed E-state index contributed by atoms with van der Waals surface area (Å²) in [5.74, 6) is -1.86. The van der Waals surface area contributed by atoms with E-state index < -0.39 is 17.8 Å². The molecule has 2 unspecified atom stereocenters. The number of rotatable bonds is 2. The van der Waals surface area contributed by atoms with Gasteiger partial charge in [-0.25, -0.2) is 4.79 Å². The summed E-state index contributed by atoms with van der Waals surface area (Å²) >= 11 is 0.